The summed E-state index contributed by atoms with van der Waals surface area (Å²) in [7, 11) is 0. The number of hydrogen-bond acceptors (Lipinski definition) is 2. The van der Waals surface area contributed by atoms with Crippen LogP contribution in [0.5, 0.6) is 5.75 Å². The molecule has 2 aromatic carbocycles. The first-order valence-corrected chi connectivity index (χ1v) is 6.87. The molecule has 0 bridgehead atoms. The average molecular weight is 297 g/mol. The van der Waals surface area contributed by atoms with Crippen LogP contribution < -0.4 is 0 Å². The zero-order valence-electron chi connectivity index (χ0n) is 11.1. The fourth-order valence-corrected chi connectivity index (χ4v) is 2.18. The van der Waals surface area contributed by atoms with Crippen molar-refractivity contribution in [2.75, 3.05) is 0 Å². The minimum absolute atomic E-state index is 0.261. The van der Waals surface area contributed by atoms with Crippen LogP contribution in [0.1, 0.15) is 11.3 Å². The Hall–Kier alpha value is -2.52. The molecule has 0 atom stereocenters. The number of aromatic amines is 1. The third kappa shape index (κ3) is 3.33. The molecule has 0 amide bonds. The van der Waals surface area contributed by atoms with Crippen LogP contribution in [0.15, 0.2) is 54.6 Å². The second kappa shape index (κ2) is 5.85. The van der Waals surface area contributed by atoms with Gasteiger partial charge in [-0.05, 0) is 42.0 Å². The quantitative estimate of drug-likeness (QED) is 0.741. The van der Waals surface area contributed by atoms with Gasteiger partial charge in [-0.3, -0.25) is 5.10 Å². The van der Waals surface area contributed by atoms with Crippen LogP contribution in [0.2, 0.25) is 5.02 Å². The van der Waals surface area contributed by atoms with Crippen molar-refractivity contribution in [3.8, 4) is 17.0 Å². The van der Waals surface area contributed by atoms with Crippen molar-refractivity contribution in [1.82, 2.24) is 10.2 Å². The maximum Gasteiger partial charge on any atom is 0.115 e. The highest BCUT2D eigenvalue weighted by Crippen LogP contribution is 2.22. The van der Waals surface area contributed by atoms with Crippen LogP contribution in [-0.2, 0) is 0 Å². The molecule has 3 aromatic rings. The van der Waals surface area contributed by atoms with Crippen molar-refractivity contribution in [2.45, 2.75) is 0 Å². The molecule has 3 rings (SSSR count). The molecule has 0 aliphatic rings. The number of phenolic OH excluding ortho intramolecular Hbond substituents is 1. The van der Waals surface area contributed by atoms with Gasteiger partial charge in [0.1, 0.15) is 5.75 Å². The normalized spacial score (nSPS) is 11.1. The van der Waals surface area contributed by atoms with E-state index in [1.54, 1.807) is 12.1 Å². The van der Waals surface area contributed by atoms with Gasteiger partial charge in [0, 0.05) is 10.6 Å². The molecule has 104 valence electrons. The molecule has 0 aliphatic carbocycles. The Morgan fingerprint density at radius 1 is 1.00 bits per heavy atom. The zero-order chi connectivity index (χ0) is 14.7. The molecule has 3 nitrogen and oxygen atoms in total. The average Bonchev–Trinajstić information content (AvgIpc) is 2.96. The van der Waals surface area contributed by atoms with Gasteiger partial charge in [-0.1, -0.05) is 41.9 Å². The van der Waals surface area contributed by atoms with Gasteiger partial charge in [-0.2, -0.15) is 5.10 Å². The smallest absolute Gasteiger partial charge is 0.115 e. The second-order valence-electron chi connectivity index (χ2n) is 4.64. The van der Waals surface area contributed by atoms with Crippen molar-refractivity contribution in [3.05, 3.63) is 70.9 Å². The van der Waals surface area contributed by atoms with E-state index in [9.17, 15) is 5.11 Å². The second-order valence-corrected chi connectivity index (χ2v) is 5.08. The number of phenols is 1. The lowest BCUT2D eigenvalue weighted by Crippen LogP contribution is -1.76. The van der Waals surface area contributed by atoms with E-state index >= 15 is 0 Å². The highest BCUT2D eigenvalue weighted by molar-refractivity contribution is 6.30. The van der Waals surface area contributed by atoms with Gasteiger partial charge in [-0.25, -0.2) is 0 Å². The molecular formula is C17H13ClN2O. The lowest BCUT2D eigenvalue weighted by molar-refractivity contribution is 0.475. The summed E-state index contributed by atoms with van der Waals surface area (Å²) in [6, 6.07) is 16.6. The monoisotopic (exact) mass is 296 g/mol. The molecule has 2 N–H and O–H groups in total. The van der Waals surface area contributed by atoms with Crippen molar-refractivity contribution in [3.63, 3.8) is 0 Å². The van der Waals surface area contributed by atoms with Crippen LogP contribution >= 0.6 is 11.6 Å². The van der Waals surface area contributed by atoms with Gasteiger partial charge in [0.25, 0.3) is 0 Å². The topological polar surface area (TPSA) is 48.9 Å². The Bertz CT molecular complexity index is 775. The third-order valence-electron chi connectivity index (χ3n) is 3.07. The number of benzene rings is 2. The van der Waals surface area contributed by atoms with Crippen LogP contribution in [-0.4, -0.2) is 15.3 Å². The first-order chi connectivity index (χ1) is 10.2. The van der Waals surface area contributed by atoms with Gasteiger partial charge in [0.2, 0.25) is 0 Å². The number of aromatic hydroxyl groups is 1. The van der Waals surface area contributed by atoms with Gasteiger partial charge in [0.15, 0.2) is 0 Å². The van der Waals surface area contributed by atoms with E-state index in [1.165, 1.54) is 0 Å². The van der Waals surface area contributed by atoms with Gasteiger partial charge >= 0.3 is 0 Å². The molecule has 4 heteroatoms. The molecule has 21 heavy (non-hydrogen) atoms. The molecule has 0 saturated heterocycles. The van der Waals surface area contributed by atoms with Crippen molar-refractivity contribution < 1.29 is 5.11 Å². The maximum atomic E-state index is 9.24. The number of aromatic nitrogens is 2. The highest BCUT2D eigenvalue weighted by atomic mass is 35.5. The van der Waals surface area contributed by atoms with Crippen molar-refractivity contribution >= 4 is 23.8 Å². The van der Waals surface area contributed by atoms with Crippen LogP contribution in [0.4, 0.5) is 0 Å². The zero-order valence-corrected chi connectivity index (χ0v) is 11.9. The Kier molecular flexibility index (Phi) is 3.75. The standard InChI is InChI=1S/C17H13ClN2O/c18-14-3-1-2-13(10-14)17-11-15(19-20-17)7-4-12-5-8-16(21)9-6-12/h1-11,21H,(H,19,20)/b7-4+. The number of nitrogens with one attached hydrogen (secondary N) is 1. The van der Waals surface area contributed by atoms with E-state index in [1.807, 2.05) is 54.6 Å². The summed E-state index contributed by atoms with van der Waals surface area (Å²) in [5, 5.41) is 17.2. The Balaban J connectivity index is 1.80. The molecule has 0 aliphatic heterocycles. The van der Waals surface area contributed by atoms with Gasteiger partial charge < -0.3 is 5.11 Å². The largest absolute Gasteiger partial charge is 0.508 e. The SMILES string of the molecule is Oc1ccc(/C=C/c2cc(-c3cccc(Cl)c3)n[nH]2)cc1. The molecule has 0 spiro atoms. The lowest BCUT2D eigenvalue weighted by Gasteiger charge is -1.95. The first-order valence-electron chi connectivity index (χ1n) is 6.49. The summed E-state index contributed by atoms with van der Waals surface area (Å²) >= 11 is 5.98. The Morgan fingerprint density at radius 2 is 1.81 bits per heavy atom. The van der Waals surface area contributed by atoms with E-state index in [2.05, 4.69) is 10.2 Å². The number of H-pyrrole nitrogens is 1. The summed E-state index contributed by atoms with van der Waals surface area (Å²) in [6.45, 7) is 0. The van der Waals surface area contributed by atoms with Crippen molar-refractivity contribution in [1.29, 1.82) is 0 Å². The molecule has 0 saturated carbocycles. The molecular weight excluding hydrogens is 284 g/mol. The van der Waals surface area contributed by atoms with Gasteiger partial charge in [0.05, 0.1) is 11.4 Å². The van der Waals surface area contributed by atoms with Crippen molar-refractivity contribution in [2.24, 2.45) is 0 Å². The van der Waals surface area contributed by atoms with Gasteiger partial charge in [-0.15, -0.1) is 0 Å². The Morgan fingerprint density at radius 3 is 2.57 bits per heavy atom. The minimum atomic E-state index is 0.261. The number of hydrogen-bond donors (Lipinski definition) is 2. The minimum Gasteiger partial charge on any atom is -0.508 e. The Labute approximate surface area is 127 Å². The van der Waals surface area contributed by atoms with E-state index in [-0.39, 0.29) is 5.75 Å². The van der Waals surface area contributed by atoms with Crippen LogP contribution in [0.3, 0.4) is 0 Å². The highest BCUT2D eigenvalue weighted by Gasteiger charge is 2.02. The van der Waals surface area contributed by atoms with Crippen LogP contribution in [0.25, 0.3) is 23.4 Å². The molecule has 0 fully saturated rings. The summed E-state index contributed by atoms with van der Waals surface area (Å²) in [5.41, 5.74) is 3.73. The summed E-state index contributed by atoms with van der Waals surface area (Å²) in [5.74, 6) is 0.261. The summed E-state index contributed by atoms with van der Waals surface area (Å²) < 4.78 is 0. The molecule has 1 heterocycles. The molecule has 0 radical (unpaired) electrons. The summed E-state index contributed by atoms with van der Waals surface area (Å²) in [6.07, 6.45) is 3.89. The fraction of sp³-hybridized carbons (Fsp3) is 0. The predicted molar refractivity (Wildman–Crippen MR) is 86.1 cm³/mol. The van der Waals surface area contributed by atoms with E-state index in [0.29, 0.717) is 5.02 Å². The van der Waals surface area contributed by atoms with E-state index in [0.717, 1.165) is 22.5 Å². The number of nitrogens with zero attached hydrogens (tertiary/aromatic N) is 1. The maximum absolute atomic E-state index is 9.24. The third-order valence-corrected chi connectivity index (χ3v) is 3.30. The molecule has 0 unspecified atom stereocenters. The fourth-order valence-electron chi connectivity index (χ4n) is 1.99. The number of halogens is 1. The molecule has 1 aromatic heterocycles. The summed E-state index contributed by atoms with van der Waals surface area (Å²) in [4.78, 5) is 0. The predicted octanol–water partition coefficient (Wildman–Crippen LogP) is 4.61. The van der Waals surface area contributed by atoms with Crippen LogP contribution in [0, 0.1) is 0 Å². The van der Waals surface area contributed by atoms with E-state index < -0.39 is 0 Å². The first kappa shape index (κ1) is 13.5. The number of rotatable bonds is 3. The van der Waals surface area contributed by atoms with E-state index in [4.69, 9.17) is 11.6 Å². The lowest BCUT2D eigenvalue weighted by atomic mass is 10.1.